The molecule has 0 aliphatic carbocycles. The summed E-state index contributed by atoms with van der Waals surface area (Å²) in [5, 5.41) is 8.05. The highest BCUT2D eigenvalue weighted by atomic mass is 16.5. The van der Waals surface area contributed by atoms with Crippen molar-refractivity contribution in [2.45, 2.75) is 12.3 Å². The number of rotatable bonds is 3. The number of hydrogen-bond acceptors (Lipinski definition) is 3. The SMILES string of the molecule is COc1ccc([C@H]2CCN(C(=O)c3n[nH]c4ccccc34)C2)cc1. The highest BCUT2D eigenvalue weighted by Gasteiger charge is 2.29. The second kappa shape index (κ2) is 6.00. The Hall–Kier alpha value is -2.82. The van der Waals surface area contributed by atoms with E-state index < -0.39 is 0 Å². The van der Waals surface area contributed by atoms with Crippen molar-refractivity contribution in [1.82, 2.24) is 15.1 Å². The Bertz CT molecular complexity index is 870. The van der Waals surface area contributed by atoms with Gasteiger partial charge in [0.1, 0.15) is 5.75 Å². The molecular formula is C19H19N3O2. The van der Waals surface area contributed by atoms with Crippen molar-refractivity contribution in [1.29, 1.82) is 0 Å². The minimum atomic E-state index is 0.00321. The summed E-state index contributed by atoms with van der Waals surface area (Å²) in [6.07, 6.45) is 0.973. The summed E-state index contributed by atoms with van der Waals surface area (Å²) in [6, 6.07) is 15.8. The van der Waals surface area contributed by atoms with Crippen molar-refractivity contribution < 1.29 is 9.53 Å². The van der Waals surface area contributed by atoms with Gasteiger partial charge in [0, 0.05) is 24.4 Å². The molecule has 4 rings (SSSR count). The van der Waals surface area contributed by atoms with E-state index in [1.54, 1.807) is 7.11 Å². The van der Waals surface area contributed by atoms with Crippen LogP contribution in [0.25, 0.3) is 10.9 Å². The number of benzene rings is 2. The number of methoxy groups -OCH3 is 1. The molecule has 122 valence electrons. The van der Waals surface area contributed by atoms with Crippen molar-refractivity contribution in [3.8, 4) is 5.75 Å². The first-order valence-corrected chi connectivity index (χ1v) is 8.12. The zero-order valence-electron chi connectivity index (χ0n) is 13.5. The van der Waals surface area contributed by atoms with Crippen molar-refractivity contribution in [3.05, 3.63) is 59.8 Å². The molecule has 2 heterocycles. The van der Waals surface area contributed by atoms with Crippen molar-refractivity contribution >= 4 is 16.8 Å². The molecule has 1 atom stereocenters. The summed E-state index contributed by atoms with van der Waals surface area (Å²) in [6.45, 7) is 1.49. The van der Waals surface area contributed by atoms with Crippen LogP contribution in [-0.2, 0) is 0 Å². The number of carbonyl (C=O) groups is 1. The molecule has 0 bridgehead atoms. The molecule has 5 heteroatoms. The molecule has 0 unspecified atom stereocenters. The summed E-state index contributed by atoms with van der Waals surface area (Å²) >= 11 is 0. The molecule has 0 saturated carbocycles. The van der Waals surface area contributed by atoms with E-state index in [1.165, 1.54) is 5.56 Å². The van der Waals surface area contributed by atoms with Crippen LogP contribution in [0.15, 0.2) is 48.5 Å². The summed E-state index contributed by atoms with van der Waals surface area (Å²) in [5.41, 5.74) is 2.66. The molecule has 5 nitrogen and oxygen atoms in total. The lowest BCUT2D eigenvalue weighted by molar-refractivity contribution is 0.0787. The number of carbonyl (C=O) groups excluding carboxylic acids is 1. The molecular weight excluding hydrogens is 302 g/mol. The molecule has 1 N–H and O–H groups in total. The van der Waals surface area contributed by atoms with E-state index in [9.17, 15) is 4.79 Å². The number of amides is 1. The second-order valence-corrected chi connectivity index (χ2v) is 6.13. The predicted molar refractivity (Wildman–Crippen MR) is 92.3 cm³/mol. The molecule has 1 aromatic heterocycles. The van der Waals surface area contributed by atoms with Gasteiger partial charge in [-0.2, -0.15) is 5.10 Å². The molecule has 1 aliphatic rings. The van der Waals surface area contributed by atoms with Crippen LogP contribution in [0.5, 0.6) is 5.75 Å². The third-order valence-corrected chi connectivity index (χ3v) is 4.74. The van der Waals surface area contributed by atoms with E-state index >= 15 is 0 Å². The van der Waals surface area contributed by atoms with Gasteiger partial charge in [-0.25, -0.2) is 0 Å². The Kier molecular flexibility index (Phi) is 3.69. The number of hydrogen-bond donors (Lipinski definition) is 1. The Balaban J connectivity index is 1.52. The standard InChI is InChI=1S/C19H19N3O2/c1-24-15-8-6-13(7-9-15)14-10-11-22(12-14)19(23)18-16-4-2-3-5-17(16)20-21-18/h2-9,14H,10-12H2,1H3,(H,20,21)/t14-/m0/s1. The van der Waals surface area contributed by atoms with Gasteiger partial charge >= 0.3 is 0 Å². The maximum absolute atomic E-state index is 12.8. The van der Waals surface area contributed by atoms with Crippen LogP contribution in [0.4, 0.5) is 0 Å². The number of aromatic nitrogens is 2. The Morgan fingerprint density at radius 1 is 1.21 bits per heavy atom. The van der Waals surface area contributed by atoms with Gasteiger partial charge < -0.3 is 9.64 Å². The van der Waals surface area contributed by atoms with Crippen LogP contribution in [0.1, 0.15) is 28.4 Å². The largest absolute Gasteiger partial charge is 0.497 e. The number of para-hydroxylation sites is 1. The number of fused-ring (bicyclic) bond motifs is 1. The smallest absolute Gasteiger partial charge is 0.275 e. The molecule has 0 radical (unpaired) electrons. The number of aromatic amines is 1. The first-order chi connectivity index (χ1) is 11.8. The topological polar surface area (TPSA) is 58.2 Å². The summed E-state index contributed by atoms with van der Waals surface area (Å²) in [5.74, 6) is 1.22. The molecule has 2 aromatic carbocycles. The van der Waals surface area contributed by atoms with E-state index in [-0.39, 0.29) is 5.91 Å². The fourth-order valence-corrected chi connectivity index (χ4v) is 3.37. The summed E-state index contributed by atoms with van der Waals surface area (Å²) in [7, 11) is 1.67. The van der Waals surface area contributed by atoms with Gasteiger partial charge in [0.15, 0.2) is 5.69 Å². The zero-order valence-corrected chi connectivity index (χ0v) is 13.5. The van der Waals surface area contributed by atoms with E-state index in [4.69, 9.17) is 4.74 Å². The number of likely N-dealkylation sites (tertiary alicyclic amines) is 1. The number of nitrogens with one attached hydrogen (secondary N) is 1. The lowest BCUT2D eigenvalue weighted by atomic mass is 9.98. The fraction of sp³-hybridized carbons (Fsp3) is 0.263. The van der Waals surface area contributed by atoms with Crippen molar-refractivity contribution in [3.63, 3.8) is 0 Å². The quantitative estimate of drug-likeness (QED) is 0.806. The third-order valence-electron chi connectivity index (χ3n) is 4.74. The molecule has 3 aromatic rings. The normalized spacial score (nSPS) is 17.4. The molecule has 24 heavy (non-hydrogen) atoms. The molecule has 0 spiro atoms. The van der Waals surface area contributed by atoms with Gasteiger partial charge in [0.2, 0.25) is 0 Å². The van der Waals surface area contributed by atoms with Gasteiger partial charge in [-0.1, -0.05) is 30.3 Å². The maximum atomic E-state index is 12.8. The monoisotopic (exact) mass is 321 g/mol. The fourth-order valence-electron chi connectivity index (χ4n) is 3.37. The van der Waals surface area contributed by atoms with Crippen LogP contribution in [0.3, 0.4) is 0 Å². The molecule has 1 aliphatic heterocycles. The summed E-state index contributed by atoms with van der Waals surface area (Å²) < 4.78 is 5.20. The van der Waals surface area contributed by atoms with Gasteiger partial charge in [0.25, 0.3) is 5.91 Å². The predicted octanol–water partition coefficient (Wildman–Crippen LogP) is 3.20. The minimum absolute atomic E-state index is 0.00321. The average molecular weight is 321 g/mol. The third kappa shape index (κ3) is 2.52. The van der Waals surface area contributed by atoms with Gasteiger partial charge in [-0.3, -0.25) is 9.89 Å². The Morgan fingerprint density at radius 3 is 2.79 bits per heavy atom. The van der Waals surface area contributed by atoms with Crippen LogP contribution >= 0.6 is 0 Å². The van der Waals surface area contributed by atoms with Crippen LogP contribution in [0, 0.1) is 0 Å². The zero-order chi connectivity index (χ0) is 16.5. The Morgan fingerprint density at radius 2 is 2.00 bits per heavy atom. The molecule has 1 saturated heterocycles. The number of nitrogens with zero attached hydrogens (tertiary/aromatic N) is 2. The van der Waals surface area contributed by atoms with Crippen LogP contribution < -0.4 is 4.74 Å². The highest BCUT2D eigenvalue weighted by Crippen LogP contribution is 2.30. The van der Waals surface area contributed by atoms with Gasteiger partial charge in [-0.05, 0) is 30.2 Å². The van der Waals surface area contributed by atoms with Crippen LogP contribution in [0.2, 0.25) is 0 Å². The average Bonchev–Trinajstić information content (AvgIpc) is 3.28. The number of ether oxygens (including phenoxy) is 1. The van der Waals surface area contributed by atoms with E-state index in [1.807, 2.05) is 41.3 Å². The lowest BCUT2D eigenvalue weighted by Gasteiger charge is -2.16. The van der Waals surface area contributed by atoms with Gasteiger partial charge in [-0.15, -0.1) is 0 Å². The van der Waals surface area contributed by atoms with Gasteiger partial charge in [0.05, 0.1) is 12.6 Å². The van der Waals surface area contributed by atoms with E-state index in [2.05, 4.69) is 22.3 Å². The number of H-pyrrole nitrogens is 1. The lowest BCUT2D eigenvalue weighted by Crippen LogP contribution is -2.28. The Labute approximate surface area is 140 Å². The highest BCUT2D eigenvalue weighted by molar-refractivity contribution is 6.04. The van der Waals surface area contributed by atoms with Crippen LogP contribution in [-0.4, -0.2) is 41.2 Å². The minimum Gasteiger partial charge on any atom is -0.497 e. The molecule has 1 fully saturated rings. The second-order valence-electron chi connectivity index (χ2n) is 6.13. The molecule has 1 amide bonds. The maximum Gasteiger partial charge on any atom is 0.275 e. The summed E-state index contributed by atoms with van der Waals surface area (Å²) in [4.78, 5) is 14.7. The van der Waals surface area contributed by atoms with E-state index in [0.29, 0.717) is 11.6 Å². The van der Waals surface area contributed by atoms with E-state index in [0.717, 1.165) is 36.2 Å². The first-order valence-electron chi connectivity index (χ1n) is 8.12. The van der Waals surface area contributed by atoms with Crippen molar-refractivity contribution in [2.24, 2.45) is 0 Å². The first kappa shape index (κ1) is 14.8. The van der Waals surface area contributed by atoms with Crippen molar-refractivity contribution in [2.75, 3.05) is 20.2 Å².